The zero-order valence-corrected chi connectivity index (χ0v) is 12.1. The van der Waals surface area contributed by atoms with Gasteiger partial charge < -0.3 is 9.88 Å². The molecule has 0 saturated carbocycles. The molecule has 4 rings (SSSR count). The fraction of sp³-hybridized carbons (Fsp3) is 0.111. The second-order valence-electron chi connectivity index (χ2n) is 5.51. The predicted molar refractivity (Wildman–Crippen MR) is 84.9 cm³/mol. The van der Waals surface area contributed by atoms with Crippen LogP contribution in [0.4, 0.5) is 0 Å². The molecule has 1 amide bonds. The van der Waals surface area contributed by atoms with Gasteiger partial charge in [-0.1, -0.05) is 30.3 Å². The van der Waals surface area contributed by atoms with Crippen LogP contribution in [0.2, 0.25) is 0 Å². The molecule has 22 heavy (non-hydrogen) atoms. The summed E-state index contributed by atoms with van der Waals surface area (Å²) in [4.78, 5) is 22.9. The minimum absolute atomic E-state index is 0.0217. The number of nitrogens with zero attached hydrogens (tertiary/aromatic N) is 1. The highest BCUT2D eigenvalue weighted by molar-refractivity contribution is 6.11. The number of amides is 1. The quantitative estimate of drug-likeness (QED) is 0.738. The highest BCUT2D eigenvalue weighted by Gasteiger charge is 2.25. The summed E-state index contributed by atoms with van der Waals surface area (Å²) >= 11 is 0. The normalized spacial score (nSPS) is 13.2. The lowest BCUT2D eigenvalue weighted by Crippen LogP contribution is -2.26. The second-order valence-corrected chi connectivity index (χ2v) is 5.51. The Hall–Kier alpha value is -2.88. The largest absolute Gasteiger partial charge is 0.348 e. The maximum Gasteiger partial charge on any atom is 0.252 e. The average Bonchev–Trinajstić information content (AvgIpc) is 2.85. The van der Waals surface area contributed by atoms with Gasteiger partial charge in [-0.15, -0.1) is 0 Å². The van der Waals surface area contributed by atoms with Crippen LogP contribution in [-0.4, -0.2) is 16.8 Å². The molecule has 0 atom stereocenters. The van der Waals surface area contributed by atoms with E-state index in [1.807, 2.05) is 49.5 Å². The Labute approximate surface area is 127 Å². The van der Waals surface area contributed by atoms with E-state index in [9.17, 15) is 9.59 Å². The van der Waals surface area contributed by atoms with Crippen LogP contribution in [-0.2, 0) is 13.6 Å². The van der Waals surface area contributed by atoms with Crippen molar-refractivity contribution >= 4 is 23.1 Å². The summed E-state index contributed by atoms with van der Waals surface area (Å²) in [5.74, 6) is -0.0217. The molecule has 4 nitrogen and oxygen atoms in total. The van der Waals surface area contributed by atoms with Crippen molar-refractivity contribution in [2.24, 2.45) is 7.05 Å². The Kier molecular flexibility index (Phi) is 2.66. The van der Waals surface area contributed by atoms with Crippen molar-refractivity contribution in [3.05, 3.63) is 59.2 Å². The number of carbonyl (C=O) groups excluding carboxylic acids is 2. The van der Waals surface area contributed by atoms with E-state index in [0.717, 1.165) is 39.6 Å². The number of aryl methyl sites for hydroxylation is 1. The molecule has 1 aromatic heterocycles. The lowest BCUT2D eigenvalue weighted by molar-refractivity contribution is 0.0949. The van der Waals surface area contributed by atoms with Crippen molar-refractivity contribution in [3.8, 4) is 11.3 Å². The van der Waals surface area contributed by atoms with Gasteiger partial charge in [0.1, 0.15) is 6.29 Å². The van der Waals surface area contributed by atoms with Crippen molar-refractivity contribution in [2.75, 3.05) is 0 Å². The summed E-state index contributed by atoms with van der Waals surface area (Å²) in [5.41, 5.74) is 5.69. The maximum absolute atomic E-state index is 12.1. The van der Waals surface area contributed by atoms with Gasteiger partial charge in [0, 0.05) is 41.2 Å². The zero-order chi connectivity index (χ0) is 15.3. The van der Waals surface area contributed by atoms with Crippen LogP contribution in [0.3, 0.4) is 0 Å². The maximum atomic E-state index is 12.1. The number of nitrogens with one attached hydrogen (secondary N) is 1. The van der Waals surface area contributed by atoms with E-state index < -0.39 is 0 Å². The Bertz CT molecular complexity index is 920. The summed E-state index contributed by atoms with van der Waals surface area (Å²) in [5, 5.41) is 3.97. The molecular formula is C18H14N2O2. The number of hydrogen-bond acceptors (Lipinski definition) is 2. The first kappa shape index (κ1) is 12.8. The van der Waals surface area contributed by atoms with Gasteiger partial charge in [0.25, 0.3) is 5.91 Å². The Morgan fingerprint density at radius 2 is 1.91 bits per heavy atom. The summed E-state index contributed by atoms with van der Waals surface area (Å²) in [6.07, 6.45) is 0.841. The molecule has 0 bridgehead atoms. The van der Waals surface area contributed by atoms with Crippen LogP contribution >= 0.6 is 0 Å². The van der Waals surface area contributed by atoms with Crippen molar-refractivity contribution < 1.29 is 9.59 Å². The van der Waals surface area contributed by atoms with E-state index in [2.05, 4.69) is 9.88 Å². The minimum atomic E-state index is -0.0217. The standard InChI is InChI=1S/C18H14N2O2/c1-20-15-4-2-3-13-16(15)14(9-19-18(13)22)17(20)12-7-5-11(10-21)6-8-12/h2-8,10H,9H2,1H3,(H,19,22). The molecular weight excluding hydrogens is 276 g/mol. The first-order valence-corrected chi connectivity index (χ1v) is 7.15. The van der Waals surface area contributed by atoms with Crippen LogP contribution in [0.1, 0.15) is 26.3 Å². The zero-order valence-electron chi connectivity index (χ0n) is 12.1. The lowest BCUT2D eigenvalue weighted by atomic mass is 9.98. The van der Waals surface area contributed by atoms with Gasteiger partial charge >= 0.3 is 0 Å². The molecule has 0 aliphatic carbocycles. The molecule has 1 aliphatic rings. The molecule has 0 unspecified atom stereocenters. The van der Waals surface area contributed by atoms with Gasteiger partial charge in [0.15, 0.2) is 0 Å². The third kappa shape index (κ3) is 1.64. The molecule has 4 heteroatoms. The van der Waals surface area contributed by atoms with E-state index in [0.29, 0.717) is 12.1 Å². The van der Waals surface area contributed by atoms with Crippen molar-refractivity contribution in [1.82, 2.24) is 9.88 Å². The van der Waals surface area contributed by atoms with E-state index in [1.54, 1.807) is 0 Å². The number of benzene rings is 2. The molecule has 1 aliphatic heterocycles. The van der Waals surface area contributed by atoms with Crippen molar-refractivity contribution in [2.45, 2.75) is 6.54 Å². The van der Waals surface area contributed by atoms with Gasteiger partial charge in [0.05, 0.1) is 5.69 Å². The molecule has 0 saturated heterocycles. The Morgan fingerprint density at radius 1 is 1.14 bits per heavy atom. The Morgan fingerprint density at radius 3 is 2.64 bits per heavy atom. The van der Waals surface area contributed by atoms with Crippen LogP contribution in [0, 0.1) is 0 Å². The molecule has 0 radical (unpaired) electrons. The summed E-state index contributed by atoms with van der Waals surface area (Å²) in [6, 6.07) is 13.3. The monoisotopic (exact) mass is 290 g/mol. The first-order chi connectivity index (χ1) is 10.7. The van der Waals surface area contributed by atoms with Crippen LogP contribution in [0.15, 0.2) is 42.5 Å². The van der Waals surface area contributed by atoms with Crippen LogP contribution in [0.25, 0.3) is 22.2 Å². The Balaban J connectivity index is 2.04. The fourth-order valence-corrected chi connectivity index (χ4v) is 3.29. The van der Waals surface area contributed by atoms with Gasteiger partial charge in [-0.25, -0.2) is 0 Å². The van der Waals surface area contributed by atoms with E-state index >= 15 is 0 Å². The lowest BCUT2D eigenvalue weighted by Gasteiger charge is -2.14. The molecule has 2 heterocycles. The number of aldehydes is 1. The van der Waals surface area contributed by atoms with Crippen LogP contribution < -0.4 is 5.32 Å². The molecule has 108 valence electrons. The number of carbonyl (C=O) groups is 2. The number of aromatic nitrogens is 1. The summed E-state index contributed by atoms with van der Waals surface area (Å²) in [6.45, 7) is 0.526. The minimum Gasteiger partial charge on any atom is -0.348 e. The average molecular weight is 290 g/mol. The topological polar surface area (TPSA) is 51.1 Å². The molecule has 2 aromatic carbocycles. The van der Waals surface area contributed by atoms with Crippen LogP contribution in [0.5, 0.6) is 0 Å². The van der Waals surface area contributed by atoms with E-state index in [4.69, 9.17) is 0 Å². The molecule has 0 spiro atoms. The van der Waals surface area contributed by atoms with Gasteiger partial charge in [-0.3, -0.25) is 9.59 Å². The van der Waals surface area contributed by atoms with Crippen molar-refractivity contribution in [1.29, 1.82) is 0 Å². The van der Waals surface area contributed by atoms with E-state index in [1.165, 1.54) is 0 Å². The summed E-state index contributed by atoms with van der Waals surface area (Å²) < 4.78 is 2.12. The van der Waals surface area contributed by atoms with E-state index in [-0.39, 0.29) is 5.91 Å². The molecule has 0 fully saturated rings. The summed E-state index contributed by atoms with van der Waals surface area (Å²) in [7, 11) is 2.01. The third-order valence-electron chi connectivity index (χ3n) is 4.32. The van der Waals surface area contributed by atoms with Gasteiger partial charge in [-0.05, 0) is 17.7 Å². The highest BCUT2D eigenvalue weighted by atomic mass is 16.1. The van der Waals surface area contributed by atoms with Gasteiger partial charge in [-0.2, -0.15) is 0 Å². The fourth-order valence-electron chi connectivity index (χ4n) is 3.29. The SMILES string of the molecule is Cn1c(-c2ccc(C=O)cc2)c2c3c(cccc31)C(=O)NC2. The molecule has 3 aromatic rings. The predicted octanol–water partition coefficient (Wildman–Crippen LogP) is 2.90. The first-order valence-electron chi connectivity index (χ1n) is 7.15. The molecule has 1 N–H and O–H groups in total. The van der Waals surface area contributed by atoms with Crippen molar-refractivity contribution in [3.63, 3.8) is 0 Å². The highest BCUT2D eigenvalue weighted by Crippen LogP contribution is 2.36. The van der Waals surface area contributed by atoms with Gasteiger partial charge in [0.2, 0.25) is 0 Å². The number of rotatable bonds is 2. The second kappa shape index (κ2) is 4.56. The smallest absolute Gasteiger partial charge is 0.252 e. The number of hydrogen-bond donors (Lipinski definition) is 1. The third-order valence-corrected chi connectivity index (χ3v) is 4.32.